The van der Waals surface area contributed by atoms with E-state index in [1.807, 2.05) is 31.2 Å². The fourth-order valence-electron chi connectivity index (χ4n) is 6.43. The SMILES string of the molecule is Cc1ccnc2nc(C(=O)Nc3ccccc3NC34CC5CC(CC(C5)C3)C4)nn12. The van der Waals surface area contributed by atoms with E-state index in [9.17, 15) is 4.79 Å². The number of nitrogens with one attached hydrogen (secondary N) is 2. The average Bonchev–Trinajstić information content (AvgIpc) is 3.14. The lowest BCUT2D eigenvalue weighted by Gasteiger charge is -2.57. The molecule has 154 valence electrons. The number of hydrogen-bond donors (Lipinski definition) is 2. The van der Waals surface area contributed by atoms with Gasteiger partial charge in [-0.1, -0.05) is 12.1 Å². The Labute approximate surface area is 175 Å². The van der Waals surface area contributed by atoms with Crippen molar-refractivity contribution in [1.29, 1.82) is 0 Å². The Morgan fingerprint density at radius 3 is 2.37 bits per heavy atom. The smallest absolute Gasteiger partial charge is 0.295 e. The highest BCUT2D eigenvalue weighted by molar-refractivity contribution is 6.03. The minimum Gasteiger partial charge on any atom is -0.378 e. The van der Waals surface area contributed by atoms with Crippen LogP contribution in [0.3, 0.4) is 0 Å². The number of para-hydroxylation sites is 2. The van der Waals surface area contributed by atoms with Crippen LogP contribution in [0.1, 0.15) is 54.8 Å². The largest absolute Gasteiger partial charge is 0.378 e. The molecule has 0 aliphatic heterocycles. The van der Waals surface area contributed by atoms with Gasteiger partial charge in [-0.25, -0.2) is 9.50 Å². The molecule has 4 fully saturated rings. The highest BCUT2D eigenvalue weighted by Gasteiger charge is 2.51. The van der Waals surface area contributed by atoms with Gasteiger partial charge in [0, 0.05) is 17.4 Å². The molecule has 7 nitrogen and oxygen atoms in total. The van der Waals surface area contributed by atoms with Gasteiger partial charge in [0.2, 0.25) is 5.82 Å². The van der Waals surface area contributed by atoms with Crippen LogP contribution in [0.2, 0.25) is 0 Å². The number of benzene rings is 1. The zero-order chi connectivity index (χ0) is 20.3. The first kappa shape index (κ1) is 17.9. The average molecular weight is 403 g/mol. The zero-order valence-electron chi connectivity index (χ0n) is 17.1. The van der Waals surface area contributed by atoms with Crippen molar-refractivity contribution in [2.75, 3.05) is 10.6 Å². The van der Waals surface area contributed by atoms with Gasteiger partial charge in [0.25, 0.3) is 11.7 Å². The van der Waals surface area contributed by atoms with Gasteiger partial charge in [-0.3, -0.25) is 4.79 Å². The molecule has 2 N–H and O–H groups in total. The summed E-state index contributed by atoms with van der Waals surface area (Å²) in [5.74, 6) is 2.83. The van der Waals surface area contributed by atoms with Crippen LogP contribution in [-0.2, 0) is 0 Å². The fraction of sp³-hybridized carbons (Fsp3) is 0.478. The standard InChI is InChI=1S/C23H26N6O/c1-14-6-7-24-22-26-20(28-29(14)22)21(30)25-18-4-2-3-5-19(18)27-23-11-15-8-16(12-23)10-17(9-15)13-23/h2-7,15-17,27H,8-13H2,1H3,(H,25,30). The quantitative estimate of drug-likeness (QED) is 0.687. The van der Waals surface area contributed by atoms with Crippen molar-refractivity contribution in [2.45, 2.75) is 51.0 Å². The molecule has 4 saturated carbocycles. The molecule has 7 heteroatoms. The van der Waals surface area contributed by atoms with Crippen molar-refractivity contribution in [3.8, 4) is 0 Å². The summed E-state index contributed by atoms with van der Waals surface area (Å²) in [6.45, 7) is 1.91. The maximum absolute atomic E-state index is 12.9. The molecule has 0 saturated heterocycles. The van der Waals surface area contributed by atoms with Crippen LogP contribution in [0.4, 0.5) is 11.4 Å². The van der Waals surface area contributed by atoms with E-state index >= 15 is 0 Å². The second-order valence-electron chi connectivity index (χ2n) is 9.56. The van der Waals surface area contributed by atoms with Crippen LogP contribution in [0, 0.1) is 24.7 Å². The summed E-state index contributed by atoms with van der Waals surface area (Å²) in [5.41, 5.74) is 2.83. The van der Waals surface area contributed by atoms with E-state index in [4.69, 9.17) is 0 Å². The van der Waals surface area contributed by atoms with Crippen molar-refractivity contribution in [2.24, 2.45) is 17.8 Å². The number of aromatic nitrogens is 4. The molecule has 0 spiro atoms. The molecule has 3 aromatic rings. The Balaban J connectivity index is 1.26. The van der Waals surface area contributed by atoms with Crippen LogP contribution in [0.15, 0.2) is 36.5 Å². The summed E-state index contributed by atoms with van der Waals surface area (Å²) < 4.78 is 1.59. The van der Waals surface area contributed by atoms with Crippen LogP contribution in [0.25, 0.3) is 5.78 Å². The monoisotopic (exact) mass is 402 g/mol. The van der Waals surface area contributed by atoms with Crippen molar-refractivity contribution in [1.82, 2.24) is 19.6 Å². The van der Waals surface area contributed by atoms with Gasteiger partial charge in [0.1, 0.15) is 0 Å². The third-order valence-corrected chi connectivity index (χ3v) is 7.25. The van der Waals surface area contributed by atoms with Gasteiger partial charge >= 0.3 is 0 Å². The molecule has 0 unspecified atom stereocenters. The number of carbonyl (C=O) groups is 1. The van der Waals surface area contributed by atoms with E-state index in [1.165, 1.54) is 38.5 Å². The van der Waals surface area contributed by atoms with Gasteiger partial charge in [-0.2, -0.15) is 4.98 Å². The van der Waals surface area contributed by atoms with Crippen LogP contribution in [0.5, 0.6) is 0 Å². The molecule has 4 aliphatic rings. The fourth-order valence-corrected chi connectivity index (χ4v) is 6.43. The molecule has 1 aromatic carbocycles. The second-order valence-corrected chi connectivity index (χ2v) is 9.56. The van der Waals surface area contributed by atoms with E-state index in [0.29, 0.717) is 5.78 Å². The summed E-state index contributed by atoms with van der Waals surface area (Å²) in [4.78, 5) is 21.4. The van der Waals surface area contributed by atoms with Crippen LogP contribution < -0.4 is 10.6 Å². The predicted molar refractivity (Wildman–Crippen MR) is 114 cm³/mol. The van der Waals surface area contributed by atoms with Gasteiger partial charge in [0.15, 0.2) is 0 Å². The number of fused-ring (bicyclic) bond motifs is 1. The highest BCUT2D eigenvalue weighted by Crippen LogP contribution is 2.56. The summed E-state index contributed by atoms with van der Waals surface area (Å²) in [5, 5.41) is 11.2. The number of carbonyl (C=O) groups excluding carboxylic acids is 1. The number of rotatable bonds is 4. The van der Waals surface area contributed by atoms with Gasteiger partial charge < -0.3 is 10.6 Å². The molecule has 2 aromatic heterocycles. The minimum absolute atomic E-state index is 0.126. The number of aryl methyl sites for hydroxylation is 1. The Bertz CT molecular complexity index is 1100. The lowest BCUT2D eigenvalue weighted by molar-refractivity contribution is 0.0107. The zero-order valence-corrected chi connectivity index (χ0v) is 17.1. The van der Waals surface area contributed by atoms with E-state index in [1.54, 1.807) is 10.7 Å². The molecule has 1 amide bonds. The highest BCUT2D eigenvalue weighted by atomic mass is 16.2. The number of anilines is 2. The maximum atomic E-state index is 12.9. The van der Waals surface area contributed by atoms with Crippen molar-refractivity contribution < 1.29 is 4.79 Å². The van der Waals surface area contributed by atoms with Crippen LogP contribution in [-0.4, -0.2) is 31.0 Å². The third-order valence-electron chi connectivity index (χ3n) is 7.25. The van der Waals surface area contributed by atoms with E-state index in [-0.39, 0.29) is 17.3 Å². The summed E-state index contributed by atoms with van der Waals surface area (Å²) in [7, 11) is 0. The van der Waals surface area contributed by atoms with Gasteiger partial charge in [-0.15, -0.1) is 5.10 Å². The number of nitrogens with zero attached hydrogens (tertiary/aromatic N) is 4. The molecule has 2 heterocycles. The molecule has 30 heavy (non-hydrogen) atoms. The van der Waals surface area contributed by atoms with Crippen LogP contribution >= 0.6 is 0 Å². The molecule has 0 atom stereocenters. The number of hydrogen-bond acceptors (Lipinski definition) is 5. The molecular weight excluding hydrogens is 376 g/mol. The Hall–Kier alpha value is -2.96. The summed E-state index contributed by atoms with van der Waals surface area (Å²) in [6.07, 6.45) is 9.65. The molecule has 0 radical (unpaired) electrons. The van der Waals surface area contributed by atoms with E-state index < -0.39 is 0 Å². The van der Waals surface area contributed by atoms with Crippen molar-refractivity contribution in [3.05, 3.63) is 48.0 Å². The second kappa shape index (κ2) is 6.52. The minimum atomic E-state index is -0.320. The third kappa shape index (κ3) is 2.95. The van der Waals surface area contributed by atoms with Crippen molar-refractivity contribution >= 4 is 23.1 Å². The predicted octanol–water partition coefficient (Wildman–Crippen LogP) is 4.07. The lowest BCUT2D eigenvalue weighted by Crippen LogP contribution is -2.54. The Kier molecular flexibility index (Phi) is 3.88. The topological polar surface area (TPSA) is 84.2 Å². The molecule has 4 aliphatic carbocycles. The molecule has 7 rings (SSSR count). The summed E-state index contributed by atoms with van der Waals surface area (Å²) in [6, 6.07) is 9.82. The first-order valence-corrected chi connectivity index (χ1v) is 10.9. The normalized spacial score (nSPS) is 29.3. The first-order valence-electron chi connectivity index (χ1n) is 10.9. The van der Waals surface area contributed by atoms with E-state index in [2.05, 4.69) is 31.8 Å². The summed E-state index contributed by atoms with van der Waals surface area (Å²) >= 11 is 0. The van der Waals surface area contributed by atoms with Gasteiger partial charge in [-0.05, 0) is 81.4 Å². The number of amides is 1. The Morgan fingerprint density at radius 2 is 1.70 bits per heavy atom. The van der Waals surface area contributed by atoms with Gasteiger partial charge in [0.05, 0.1) is 11.4 Å². The van der Waals surface area contributed by atoms with Crippen molar-refractivity contribution in [3.63, 3.8) is 0 Å². The first-order chi connectivity index (χ1) is 14.6. The molecule has 4 bridgehead atoms. The maximum Gasteiger partial charge on any atom is 0.295 e. The van der Waals surface area contributed by atoms with E-state index in [0.717, 1.165) is 34.8 Å². The molecular formula is C23H26N6O. The Morgan fingerprint density at radius 1 is 1.03 bits per heavy atom. The lowest BCUT2D eigenvalue weighted by atomic mass is 9.53.